The average molecular weight is 527 g/mol. The van der Waals surface area contributed by atoms with Gasteiger partial charge in [-0.3, -0.25) is 14.2 Å². The number of benzene rings is 2. The number of carbonyl (C=O) groups is 2. The van der Waals surface area contributed by atoms with E-state index >= 15 is 0 Å². The van der Waals surface area contributed by atoms with Gasteiger partial charge in [0.15, 0.2) is 4.80 Å². The van der Waals surface area contributed by atoms with Crippen LogP contribution in [0.4, 0.5) is 0 Å². The zero-order valence-electron chi connectivity index (χ0n) is 18.0. The first-order valence-electron chi connectivity index (χ1n) is 9.94. The van der Waals surface area contributed by atoms with Crippen molar-refractivity contribution in [3.8, 4) is 5.75 Å². The molecule has 0 fully saturated rings. The minimum absolute atomic E-state index is 0.310. The molecule has 9 heteroatoms. The van der Waals surface area contributed by atoms with Gasteiger partial charge < -0.3 is 9.47 Å². The predicted molar refractivity (Wildman–Crippen MR) is 128 cm³/mol. The van der Waals surface area contributed by atoms with Crippen LogP contribution in [0.15, 0.2) is 74.1 Å². The SMILES string of the molecule is COC(=O)C1=C(C)N=c2s/c(=C\c3cc(Br)ccc3OC(C)=O)c(=O)n2C1c1ccccc1. The Morgan fingerprint density at radius 1 is 1.18 bits per heavy atom. The molecule has 0 radical (unpaired) electrons. The molecule has 0 saturated carbocycles. The number of fused-ring (bicyclic) bond motifs is 1. The smallest absolute Gasteiger partial charge is 0.338 e. The van der Waals surface area contributed by atoms with E-state index in [1.165, 1.54) is 29.9 Å². The van der Waals surface area contributed by atoms with Gasteiger partial charge in [0.1, 0.15) is 5.75 Å². The number of aromatic nitrogens is 1. The van der Waals surface area contributed by atoms with Crippen LogP contribution in [0.1, 0.15) is 31.0 Å². The molecule has 3 aromatic rings. The van der Waals surface area contributed by atoms with Gasteiger partial charge in [-0.1, -0.05) is 57.6 Å². The first-order chi connectivity index (χ1) is 15.8. The summed E-state index contributed by atoms with van der Waals surface area (Å²) >= 11 is 4.61. The van der Waals surface area contributed by atoms with E-state index in [9.17, 15) is 14.4 Å². The van der Waals surface area contributed by atoms with Crippen molar-refractivity contribution in [2.24, 2.45) is 4.99 Å². The summed E-state index contributed by atoms with van der Waals surface area (Å²) in [7, 11) is 1.31. The molecule has 0 N–H and O–H groups in total. The molecule has 4 rings (SSSR count). The maximum absolute atomic E-state index is 13.6. The second kappa shape index (κ2) is 9.29. The molecule has 168 valence electrons. The van der Waals surface area contributed by atoms with Crippen molar-refractivity contribution in [2.75, 3.05) is 7.11 Å². The van der Waals surface area contributed by atoms with E-state index in [1.807, 2.05) is 30.3 Å². The van der Waals surface area contributed by atoms with Gasteiger partial charge >= 0.3 is 11.9 Å². The number of thiazole rings is 1. The van der Waals surface area contributed by atoms with Crippen LogP contribution in [-0.2, 0) is 14.3 Å². The number of ether oxygens (including phenoxy) is 2. The number of nitrogens with zero attached hydrogens (tertiary/aromatic N) is 2. The molecule has 1 atom stereocenters. The Hall–Kier alpha value is -3.30. The highest BCUT2D eigenvalue weighted by Gasteiger charge is 2.32. The highest BCUT2D eigenvalue weighted by atomic mass is 79.9. The molecule has 0 spiro atoms. The summed E-state index contributed by atoms with van der Waals surface area (Å²) in [5.41, 5.74) is 1.82. The number of halogens is 1. The molecule has 1 aliphatic rings. The van der Waals surface area contributed by atoms with Crippen molar-refractivity contribution in [3.05, 3.63) is 95.1 Å². The van der Waals surface area contributed by atoms with E-state index < -0.39 is 18.0 Å². The zero-order valence-corrected chi connectivity index (χ0v) is 20.4. The third-order valence-electron chi connectivity index (χ3n) is 5.05. The Bertz CT molecular complexity index is 1470. The summed E-state index contributed by atoms with van der Waals surface area (Å²) in [5, 5.41) is 0. The van der Waals surface area contributed by atoms with Gasteiger partial charge in [0.05, 0.1) is 29.0 Å². The molecule has 1 aromatic heterocycles. The third-order valence-corrected chi connectivity index (χ3v) is 6.53. The fraction of sp³-hybridized carbons (Fsp3) is 0.167. The fourth-order valence-corrected chi connectivity index (χ4v) is 5.08. The van der Waals surface area contributed by atoms with E-state index in [0.29, 0.717) is 31.9 Å². The predicted octanol–water partition coefficient (Wildman–Crippen LogP) is 3.10. The maximum Gasteiger partial charge on any atom is 0.338 e. The van der Waals surface area contributed by atoms with Gasteiger partial charge in [0.25, 0.3) is 5.56 Å². The molecule has 2 aromatic carbocycles. The van der Waals surface area contributed by atoms with Crippen LogP contribution in [0.3, 0.4) is 0 Å². The molecule has 1 unspecified atom stereocenters. The van der Waals surface area contributed by atoms with Crippen LogP contribution in [0.25, 0.3) is 6.08 Å². The summed E-state index contributed by atoms with van der Waals surface area (Å²) in [6.45, 7) is 3.04. The molecule has 33 heavy (non-hydrogen) atoms. The first-order valence-corrected chi connectivity index (χ1v) is 11.5. The van der Waals surface area contributed by atoms with Crippen LogP contribution in [-0.4, -0.2) is 23.6 Å². The highest BCUT2D eigenvalue weighted by Crippen LogP contribution is 2.30. The summed E-state index contributed by atoms with van der Waals surface area (Å²) in [6.07, 6.45) is 1.66. The second-order valence-corrected chi connectivity index (χ2v) is 9.18. The monoisotopic (exact) mass is 526 g/mol. The Morgan fingerprint density at radius 2 is 1.91 bits per heavy atom. The van der Waals surface area contributed by atoms with Gasteiger partial charge in [0, 0.05) is 17.0 Å². The van der Waals surface area contributed by atoms with Crippen molar-refractivity contribution >= 4 is 45.3 Å². The first kappa shape index (κ1) is 22.9. The molecule has 2 heterocycles. The lowest BCUT2D eigenvalue weighted by Gasteiger charge is -2.24. The van der Waals surface area contributed by atoms with Crippen molar-refractivity contribution in [1.29, 1.82) is 0 Å². The third kappa shape index (κ3) is 4.46. The summed E-state index contributed by atoms with van der Waals surface area (Å²) < 4.78 is 13.0. The van der Waals surface area contributed by atoms with E-state index in [0.717, 1.165) is 10.0 Å². The van der Waals surface area contributed by atoms with Crippen molar-refractivity contribution in [2.45, 2.75) is 19.9 Å². The Labute approximate surface area is 201 Å². The molecular weight excluding hydrogens is 508 g/mol. The van der Waals surface area contributed by atoms with E-state index in [1.54, 1.807) is 31.2 Å². The van der Waals surface area contributed by atoms with Gasteiger partial charge in [0.2, 0.25) is 0 Å². The average Bonchev–Trinajstić information content (AvgIpc) is 3.09. The molecule has 1 aliphatic heterocycles. The van der Waals surface area contributed by atoms with E-state index in [4.69, 9.17) is 9.47 Å². The minimum Gasteiger partial charge on any atom is -0.466 e. The number of allylic oxidation sites excluding steroid dienone is 1. The fourth-order valence-electron chi connectivity index (χ4n) is 3.66. The molecule has 0 amide bonds. The van der Waals surface area contributed by atoms with Crippen LogP contribution in [0, 0.1) is 0 Å². The normalized spacial score (nSPS) is 15.6. The topological polar surface area (TPSA) is 87.0 Å². The van der Waals surface area contributed by atoms with Gasteiger partial charge in [-0.25, -0.2) is 9.79 Å². The van der Waals surface area contributed by atoms with Crippen molar-refractivity contribution < 1.29 is 19.1 Å². The Balaban J connectivity index is 1.97. The van der Waals surface area contributed by atoms with Crippen molar-refractivity contribution in [1.82, 2.24) is 4.57 Å². The number of rotatable bonds is 4. The maximum atomic E-state index is 13.6. The zero-order chi connectivity index (χ0) is 23.7. The van der Waals surface area contributed by atoms with Gasteiger partial charge in [-0.05, 0) is 36.8 Å². The molecule has 0 saturated heterocycles. The van der Waals surface area contributed by atoms with Crippen LogP contribution >= 0.6 is 27.3 Å². The molecule has 0 aliphatic carbocycles. The van der Waals surface area contributed by atoms with E-state index in [2.05, 4.69) is 20.9 Å². The lowest BCUT2D eigenvalue weighted by molar-refractivity contribution is -0.136. The number of hydrogen-bond acceptors (Lipinski definition) is 7. The summed E-state index contributed by atoms with van der Waals surface area (Å²) in [4.78, 5) is 42.7. The van der Waals surface area contributed by atoms with Gasteiger partial charge in [-0.2, -0.15) is 0 Å². The van der Waals surface area contributed by atoms with Crippen LogP contribution in [0.2, 0.25) is 0 Å². The number of hydrogen-bond donors (Lipinski definition) is 0. The Kier molecular flexibility index (Phi) is 6.44. The van der Waals surface area contributed by atoms with Crippen LogP contribution in [0.5, 0.6) is 5.75 Å². The van der Waals surface area contributed by atoms with Gasteiger partial charge in [-0.15, -0.1) is 0 Å². The molecule has 0 bridgehead atoms. The summed E-state index contributed by atoms with van der Waals surface area (Å²) in [6, 6.07) is 13.8. The number of methoxy groups -OCH3 is 1. The lowest BCUT2D eigenvalue weighted by atomic mass is 9.96. The standard InChI is InChI=1S/C24H19BrN2O5S/c1-13-20(23(30)31-3)21(15-7-5-4-6-8-15)27-22(29)19(33-24(27)26-13)12-16-11-17(25)9-10-18(16)32-14(2)28/h4-12,21H,1-3H3/b19-12-. The molecule has 7 nitrogen and oxygen atoms in total. The number of carbonyl (C=O) groups excluding carboxylic acids is 2. The quantitative estimate of drug-likeness (QED) is 0.385. The van der Waals surface area contributed by atoms with Crippen molar-refractivity contribution in [3.63, 3.8) is 0 Å². The molecular formula is C24H19BrN2O5S. The lowest BCUT2D eigenvalue weighted by Crippen LogP contribution is -2.39. The van der Waals surface area contributed by atoms with E-state index in [-0.39, 0.29) is 5.56 Å². The second-order valence-electron chi connectivity index (χ2n) is 7.26. The minimum atomic E-state index is -0.674. The Morgan fingerprint density at radius 3 is 2.58 bits per heavy atom. The van der Waals surface area contributed by atoms with Crippen LogP contribution < -0.4 is 19.6 Å². The number of esters is 2. The highest BCUT2D eigenvalue weighted by molar-refractivity contribution is 9.10. The summed E-state index contributed by atoms with van der Waals surface area (Å²) in [5.74, 6) is -0.665. The largest absolute Gasteiger partial charge is 0.466 e.